The average molecular weight is 289 g/mol. The molecule has 1 saturated carbocycles. The Bertz CT molecular complexity index is 574. The molecule has 0 spiro atoms. The van der Waals surface area contributed by atoms with Crippen molar-refractivity contribution in [3.05, 3.63) is 29.8 Å². The number of nitrogens with zero attached hydrogens (tertiary/aromatic N) is 4. The third kappa shape index (κ3) is 2.71. The van der Waals surface area contributed by atoms with Gasteiger partial charge in [-0.15, -0.1) is 5.10 Å². The fourth-order valence-electron chi connectivity index (χ4n) is 2.68. The molecule has 0 aliphatic heterocycles. The molecular formula is C14H19N5S. The zero-order chi connectivity index (χ0) is 13.9. The number of rotatable bonds is 4. The van der Waals surface area contributed by atoms with Crippen LogP contribution in [0.4, 0.5) is 0 Å². The van der Waals surface area contributed by atoms with Gasteiger partial charge in [-0.25, -0.2) is 4.68 Å². The number of aromatic nitrogens is 4. The summed E-state index contributed by atoms with van der Waals surface area (Å²) in [6.45, 7) is 2.00. The van der Waals surface area contributed by atoms with Gasteiger partial charge in [0.1, 0.15) is 0 Å². The number of nitrogens with two attached hydrogens (primary N) is 1. The van der Waals surface area contributed by atoms with Gasteiger partial charge in [0, 0.05) is 10.9 Å². The zero-order valence-electron chi connectivity index (χ0n) is 11.6. The minimum atomic E-state index is 0.00881. The van der Waals surface area contributed by atoms with Gasteiger partial charge < -0.3 is 5.73 Å². The molecule has 0 unspecified atom stereocenters. The lowest BCUT2D eigenvalue weighted by Gasteiger charge is -2.14. The minimum absolute atomic E-state index is 0.00881. The molecule has 106 valence electrons. The standard InChI is InChI=1S/C14H19N5S/c1-10(15)12-8-4-5-9-13(12)20-14-16-17-18-19(14)11-6-2-3-7-11/h4-5,8-11H,2-3,6-7,15H2,1H3/t10-/m0/s1. The van der Waals surface area contributed by atoms with Crippen LogP contribution in [0, 0.1) is 0 Å². The van der Waals surface area contributed by atoms with Crippen LogP contribution in [0.3, 0.4) is 0 Å². The van der Waals surface area contributed by atoms with E-state index in [9.17, 15) is 0 Å². The Morgan fingerprint density at radius 3 is 2.80 bits per heavy atom. The Balaban J connectivity index is 1.87. The Morgan fingerprint density at radius 2 is 2.05 bits per heavy atom. The van der Waals surface area contributed by atoms with Gasteiger partial charge in [0.05, 0.1) is 6.04 Å². The van der Waals surface area contributed by atoms with Crippen molar-refractivity contribution in [2.24, 2.45) is 5.73 Å². The fourth-order valence-corrected chi connectivity index (χ4v) is 3.75. The monoisotopic (exact) mass is 289 g/mol. The van der Waals surface area contributed by atoms with E-state index in [-0.39, 0.29) is 6.04 Å². The van der Waals surface area contributed by atoms with E-state index in [4.69, 9.17) is 5.73 Å². The van der Waals surface area contributed by atoms with Crippen LogP contribution in [0.1, 0.15) is 50.3 Å². The Labute approximate surface area is 122 Å². The van der Waals surface area contributed by atoms with E-state index in [1.807, 2.05) is 23.7 Å². The third-order valence-electron chi connectivity index (χ3n) is 3.74. The first kappa shape index (κ1) is 13.6. The number of tetrazole rings is 1. The van der Waals surface area contributed by atoms with Gasteiger partial charge in [-0.05, 0) is 53.6 Å². The summed E-state index contributed by atoms with van der Waals surface area (Å²) in [5, 5.41) is 13.1. The van der Waals surface area contributed by atoms with Crippen LogP contribution >= 0.6 is 11.8 Å². The van der Waals surface area contributed by atoms with E-state index in [0.29, 0.717) is 6.04 Å². The number of hydrogen-bond acceptors (Lipinski definition) is 5. The van der Waals surface area contributed by atoms with Crippen molar-refractivity contribution < 1.29 is 0 Å². The predicted octanol–water partition coefficient (Wildman–Crippen LogP) is 2.96. The van der Waals surface area contributed by atoms with E-state index in [0.717, 1.165) is 15.6 Å². The lowest BCUT2D eigenvalue weighted by Crippen LogP contribution is -2.09. The maximum absolute atomic E-state index is 6.03. The molecule has 0 amide bonds. The normalized spacial score (nSPS) is 17.5. The second-order valence-corrected chi connectivity index (χ2v) is 6.28. The summed E-state index contributed by atoms with van der Waals surface area (Å²) in [6.07, 6.45) is 4.89. The summed E-state index contributed by atoms with van der Waals surface area (Å²) < 4.78 is 1.98. The largest absolute Gasteiger partial charge is 0.324 e. The van der Waals surface area contributed by atoms with E-state index >= 15 is 0 Å². The molecular weight excluding hydrogens is 270 g/mol. The van der Waals surface area contributed by atoms with Crippen molar-refractivity contribution in [1.29, 1.82) is 0 Å². The van der Waals surface area contributed by atoms with Crippen LogP contribution in [0.25, 0.3) is 0 Å². The summed E-state index contributed by atoms with van der Waals surface area (Å²) in [6, 6.07) is 8.65. The lowest BCUT2D eigenvalue weighted by atomic mass is 10.1. The molecule has 1 aromatic carbocycles. The molecule has 1 atom stereocenters. The van der Waals surface area contributed by atoms with Crippen molar-refractivity contribution in [3.63, 3.8) is 0 Å². The number of benzene rings is 1. The minimum Gasteiger partial charge on any atom is -0.324 e. The van der Waals surface area contributed by atoms with Crippen molar-refractivity contribution in [2.75, 3.05) is 0 Å². The third-order valence-corrected chi connectivity index (χ3v) is 4.79. The molecule has 1 aliphatic carbocycles. The van der Waals surface area contributed by atoms with E-state index in [1.54, 1.807) is 11.8 Å². The van der Waals surface area contributed by atoms with Gasteiger partial charge in [-0.1, -0.05) is 31.0 Å². The first-order valence-electron chi connectivity index (χ1n) is 7.06. The highest BCUT2D eigenvalue weighted by atomic mass is 32.2. The Hall–Kier alpha value is -1.40. The van der Waals surface area contributed by atoms with E-state index < -0.39 is 0 Å². The molecule has 2 aromatic rings. The quantitative estimate of drug-likeness (QED) is 0.937. The topological polar surface area (TPSA) is 69.6 Å². The van der Waals surface area contributed by atoms with Gasteiger partial charge in [-0.3, -0.25) is 0 Å². The molecule has 1 aromatic heterocycles. The van der Waals surface area contributed by atoms with Crippen molar-refractivity contribution in [3.8, 4) is 0 Å². The van der Waals surface area contributed by atoms with Gasteiger partial charge in [0.2, 0.25) is 5.16 Å². The Morgan fingerprint density at radius 1 is 1.30 bits per heavy atom. The molecule has 1 heterocycles. The molecule has 6 heteroatoms. The maximum Gasteiger partial charge on any atom is 0.214 e. The summed E-state index contributed by atoms with van der Waals surface area (Å²) in [5.41, 5.74) is 7.17. The summed E-state index contributed by atoms with van der Waals surface area (Å²) in [5.74, 6) is 0. The molecule has 5 nitrogen and oxygen atoms in total. The molecule has 2 N–H and O–H groups in total. The van der Waals surface area contributed by atoms with Crippen molar-refractivity contribution >= 4 is 11.8 Å². The first-order chi connectivity index (χ1) is 9.75. The van der Waals surface area contributed by atoms with Crippen LogP contribution < -0.4 is 5.73 Å². The second kappa shape index (κ2) is 5.93. The first-order valence-corrected chi connectivity index (χ1v) is 7.87. The molecule has 0 saturated heterocycles. The van der Waals surface area contributed by atoms with Crippen LogP contribution in [0.5, 0.6) is 0 Å². The summed E-state index contributed by atoms with van der Waals surface area (Å²) in [4.78, 5) is 1.14. The molecule has 3 rings (SSSR count). The van der Waals surface area contributed by atoms with Crippen LogP contribution in [0.15, 0.2) is 34.3 Å². The van der Waals surface area contributed by atoms with Gasteiger partial charge in [-0.2, -0.15) is 0 Å². The average Bonchev–Trinajstić information content (AvgIpc) is 3.09. The molecule has 1 fully saturated rings. The van der Waals surface area contributed by atoms with Crippen LogP contribution in [0.2, 0.25) is 0 Å². The van der Waals surface area contributed by atoms with E-state index in [2.05, 4.69) is 27.7 Å². The highest BCUT2D eigenvalue weighted by Gasteiger charge is 2.22. The van der Waals surface area contributed by atoms with Gasteiger partial charge in [0.15, 0.2) is 0 Å². The number of hydrogen-bond donors (Lipinski definition) is 1. The summed E-state index contributed by atoms with van der Waals surface area (Å²) >= 11 is 1.61. The molecule has 0 radical (unpaired) electrons. The fraction of sp³-hybridized carbons (Fsp3) is 0.500. The second-order valence-electron chi connectivity index (χ2n) is 5.27. The van der Waals surface area contributed by atoms with Crippen LogP contribution in [-0.2, 0) is 0 Å². The summed E-state index contributed by atoms with van der Waals surface area (Å²) in [7, 11) is 0. The maximum atomic E-state index is 6.03. The Kier molecular flexibility index (Phi) is 4.03. The highest BCUT2D eigenvalue weighted by Crippen LogP contribution is 2.35. The SMILES string of the molecule is C[C@H](N)c1ccccc1Sc1nnnn1C1CCCC1. The van der Waals surface area contributed by atoms with Crippen molar-refractivity contribution in [2.45, 2.75) is 54.7 Å². The molecule has 20 heavy (non-hydrogen) atoms. The zero-order valence-corrected chi connectivity index (χ0v) is 12.4. The van der Waals surface area contributed by atoms with E-state index in [1.165, 1.54) is 25.7 Å². The molecule has 1 aliphatic rings. The van der Waals surface area contributed by atoms with Gasteiger partial charge in [0.25, 0.3) is 0 Å². The lowest BCUT2D eigenvalue weighted by molar-refractivity contribution is 0.423. The highest BCUT2D eigenvalue weighted by molar-refractivity contribution is 7.99. The predicted molar refractivity (Wildman–Crippen MR) is 78.5 cm³/mol. The van der Waals surface area contributed by atoms with Gasteiger partial charge >= 0.3 is 0 Å². The van der Waals surface area contributed by atoms with Crippen LogP contribution in [-0.4, -0.2) is 20.2 Å². The smallest absolute Gasteiger partial charge is 0.214 e. The molecule has 0 bridgehead atoms. The van der Waals surface area contributed by atoms with Crippen molar-refractivity contribution in [1.82, 2.24) is 20.2 Å².